The summed E-state index contributed by atoms with van der Waals surface area (Å²) in [7, 11) is 1.90. The second-order valence-corrected chi connectivity index (χ2v) is 4.86. The second kappa shape index (κ2) is 5.21. The maximum atomic E-state index is 5.80. The molecule has 102 valence electrons. The Kier molecular flexibility index (Phi) is 3.64. The minimum absolute atomic E-state index is 0.0122. The predicted molar refractivity (Wildman–Crippen MR) is 73.6 cm³/mol. The molecule has 7 heteroatoms. The van der Waals surface area contributed by atoms with Crippen LogP contribution in [-0.4, -0.2) is 24.7 Å². The van der Waals surface area contributed by atoms with Crippen molar-refractivity contribution in [3.63, 3.8) is 0 Å². The van der Waals surface area contributed by atoms with Crippen LogP contribution >= 0.6 is 0 Å². The summed E-state index contributed by atoms with van der Waals surface area (Å²) < 4.78 is 1.87. The van der Waals surface area contributed by atoms with Crippen LogP contribution in [0.5, 0.6) is 0 Å². The number of nitrogen functional groups attached to an aromatic ring is 1. The lowest BCUT2D eigenvalue weighted by Crippen LogP contribution is -2.14. The van der Waals surface area contributed by atoms with Gasteiger partial charge in [-0.15, -0.1) is 10.2 Å². The molecule has 0 aliphatic carbocycles. The van der Waals surface area contributed by atoms with Crippen LogP contribution in [0.15, 0.2) is 12.4 Å². The summed E-state index contributed by atoms with van der Waals surface area (Å²) in [6.45, 7) is 6.06. The molecule has 19 heavy (non-hydrogen) atoms. The van der Waals surface area contributed by atoms with E-state index in [1.165, 1.54) is 0 Å². The van der Waals surface area contributed by atoms with Gasteiger partial charge in [-0.25, -0.2) is 9.97 Å². The van der Waals surface area contributed by atoms with E-state index in [4.69, 9.17) is 5.73 Å². The molecule has 0 aromatic carbocycles. The average molecular weight is 261 g/mol. The summed E-state index contributed by atoms with van der Waals surface area (Å²) in [5.41, 5.74) is 5.80. The third kappa shape index (κ3) is 2.98. The number of hydrogen-bond acceptors (Lipinski definition) is 6. The van der Waals surface area contributed by atoms with E-state index < -0.39 is 0 Å². The van der Waals surface area contributed by atoms with Gasteiger partial charge in [0, 0.05) is 19.0 Å². The van der Waals surface area contributed by atoms with Crippen molar-refractivity contribution in [2.24, 2.45) is 7.05 Å². The summed E-state index contributed by atoms with van der Waals surface area (Å²) in [6.07, 6.45) is 1.67. The van der Waals surface area contributed by atoms with Crippen molar-refractivity contribution in [3.05, 3.63) is 24.0 Å². The van der Waals surface area contributed by atoms with Crippen LogP contribution in [0.4, 0.5) is 11.6 Å². The summed E-state index contributed by atoms with van der Waals surface area (Å²) in [5, 5.41) is 11.2. The van der Waals surface area contributed by atoms with Crippen molar-refractivity contribution in [3.8, 4) is 0 Å². The van der Waals surface area contributed by atoms with E-state index >= 15 is 0 Å². The number of aryl methyl sites for hydroxylation is 1. The summed E-state index contributed by atoms with van der Waals surface area (Å²) in [6, 6.07) is 1.71. The fourth-order valence-electron chi connectivity index (χ4n) is 1.79. The number of rotatable bonds is 4. The molecule has 0 radical (unpaired) electrons. The first-order chi connectivity index (χ1) is 8.97. The minimum Gasteiger partial charge on any atom is -0.384 e. The molecule has 0 aliphatic rings. The topological polar surface area (TPSA) is 94.5 Å². The molecule has 0 spiro atoms. The van der Waals surface area contributed by atoms with Gasteiger partial charge in [-0.1, -0.05) is 13.8 Å². The Morgan fingerprint density at radius 1 is 1.26 bits per heavy atom. The summed E-state index contributed by atoms with van der Waals surface area (Å²) in [4.78, 5) is 8.67. The molecule has 7 nitrogen and oxygen atoms in total. The molecule has 1 unspecified atom stereocenters. The molecule has 0 amide bonds. The highest BCUT2D eigenvalue weighted by Gasteiger charge is 2.13. The van der Waals surface area contributed by atoms with Gasteiger partial charge in [0.1, 0.15) is 23.8 Å². The normalized spacial score (nSPS) is 12.7. The van der Waals surface area contributed by atoms with E-state index in [1.54, 1.807) is 12.4 Å². The third-order valence-corrected chi connectivity index (χ3v) is 2.78. The predicted octanol–water partition coefficient (Wildman–Crippen LogP) is 1.48. The third-order valence-electron chi connectivity index (χ3n) is 2.78. The Bertz CT molecular complexity index is 561. The molecular weight excluding hydrogens is 242 g/mol. The van der Waals surface area contributed by atoms with Crippen molar-refractivity contribution in [1.82, 2.24) is 24.7 Å². The van der Waals surface area contributed by atoms with Crippen LogP contribution < -0.4 is 11.1 Å². The molecule has 1 atom stereocenters. The largest absolute Gasteiger partial charge is 0.384 e. The zero-order chi connectivity index (χ0) is 14.0. The molecule has 2 rings (SSSR count). The summed E-state index contributed by atoms with van der Waals surface area (Å²) in [5.74, 6) is 2.96. The maximum Gasteiger partial charge on any atom is 0.154 e. The zero-order valence-electron chi connectivity index (χ0n) is 11.6. The standard InChI is InChI=1S/C12H19N7/c1-7(2)11-16-9(13)5-10(17-11)15-8(3)12-18-14-6-19(12)4/h5-8H,1-4H3,(H3,13,15,16,17). The molecule has 0 bridgehead atoms. The Morgan fingerprint density at radius 3 is 2.58 bits per heavy atom. The number of aromatic nitrogens is 5. The maximum absolute atomic E-state index is 5.80. The number of nitrogens with zero attached hydrogens (tertiary/aromatic N) is 5. The fraction of sp³-hybridized carbons (Fsp3) is 0.500. The van der Waals surface area contributed by atoms with E-state index in [-0.39, 0.29) is 12.0 Å². The van der Waals surface area contributed by atoms with Gasteiger partial charge in [0.05, 0.1) is 6.04 Å². The van der Waals surface area contributed by atoms with Gasteiger partial charge >= 0.3 is 0 Å². The highest BCUT2D eigenvalue weighted by molar-refractivity contribution is 5.45. The van der Waals surface area contributed by atoms with E-state index in [1.807, 2.05) is 32.4 Å². The van der Waals surface area contributed by atoms with Crippen molar-refractivity contribution in [2.45, 2.75) is 32.7 Å². The van der Waals surface area contributed by atoms with Crippen LogP contribution in [0.2, 0.25) is 0 Å². The molecule has 2 heterocycles. The monoisotopic (exact) mass is 261 g/mol. The number of nitrogens with one attached hydrogen (secondary N) is 1. The Morgan fingerprint density at radius 2 is 2.00 bits per heavy atom. The van der Waals surface area contributed by atoms with Crippen LogP contribution in [0.1, 0.15) is 44.4 Å². The highest BCUT2D eigenvalue weighted by atomic mass is 15.3. The molecule has 0 aliphatic heterocycles. The van der Waals surface area contributed by atoms with Gasteiger partial charge in [0.2, 0.25) is 0 Å². The van der Waals surface area contributed by atoms with Crippen molar-refractivity contribution >= 4 is 11.6 Å². The zero-order valence-corrected chi connectivity index (χ0v) is 11.6. The first-order valence-corrected chi connectivity index (χ1v) is 6.22. The molecule has 2 aromatic rings. The lowest BCUT2D eigenvalue weighted by Gasteiger charge is -2.15. The van der Waals surface area contributed by atoms with Gasteiger partial charge in [-0.2, -0.15) is 0 Å². The summed E-state index contributed by atoms with van der Waals surface area (Å²) >= 11 is 0. The molecular formula is C12H19N7. The molecule has 3 N–H and O–H groups in total. The van der Waals surface area contributed by atoms with E-state index in [0.717, 1.165) is 11.6 Å². The van der Waals surface area contributed by atoms with E-state index in [2.05, 4.69) is 25.5 Å². The smallest absolute Gasteiger partial charge is 0.154 e. The van der Waals surface area contributed by atoms with Crippen LogP contribution in [0.3, 0.4) is 0 Å². The SMILES string of the molecule is CC(C)c1nc(N)cc(NC(C)c2nncn2C)n1. The first kappa shape index (κ1) is 13.3. The molecule has 0 saturated carbocycles. The van der Waals surface area contributed by atoms with E-state index in [9.17, 15) is 0 Å². The number of hydrogen-bond donors (Lipinski definition) is 2. The molecule has 2 aromatic heterocycles. The van der Waals surface area contributed by atoms with Gasteiger partial charge in [-0.05, 0) is 6.92 Å². The quantitative estimate of drug-likeness (QED) is 0.865. The van der Waals surface area contributed by atoms with Crippen LogP contribution in [0.25, 0.3) is 0 Å². The van der Waals surface area contributed by atoms with E-state index in [0.29, 0.717) is 11.6 Å². The molecule has 0 fully saturated rings. The minimum atomic E-state index is -0.0122. The van der Waals surface area contributed by atoms with Gasteiger partial charge in [-0.3, -0.25) is 0 Å². The number of anilines is 2. The lowest BCUT2D eigenvalue weighted by atomic mass is 10.2. The first-order valence-electron chi connectivity index (χ1n) is 6.22. The Labute approximate surface area is 112 Å². The van der Waals surface area contributed by atoms with Crippen LogP contribution in [-0.2, 0) is 7.05 Å². The van der Waals surface area contributed by atoms with Gasteiger partial charge < -0.3 is 15.6 Å². The fourth-order valence-corrected chi connectivity index (χ4v) is 1.79. The number of nitrogens with two attached hydrogens (primary N) is 1. The molecule has 0 saturated heterocycles. The lowest BCUT2D eigenvalue weighted by molar-refractivity contribution is 0.711. The second-order valence-electron chi connectivity index (χ2n) is 4.86. The Hall–Kier alpha value is -2.18. The van der Waals surface area contributed by atoms with Crippen molar-refractivity contribution in [2.75, 3.05) is 11.1 Å². The van der Waals surface area contributed by atoms with Crippen LogP contribution in [0, 0.1) is 0 Å². The van der Waals surface area contributed by atoms with Gasteiger partial charge in [0.15, 0.2) is 5.82 Å². The van der Waals surface area contributed by atoms with Crippen molar-refractivity contribution in [1.29, 1.82) is 0 Å². The Balaban J connectivity index is 2.21. The van der Waals surface area contributed by atoms with Gasteiger partial charge in [0.25, 0.3) is 0 Å². The highest BCUT2D eigenvalue weighted by Crippen LogP contribution is 2.19. The van der Waals surface area contributed by atoms with Crippen molar-refractivity contribution < 1.29 is 0 Å². The average Bonchev–Trinajstić information content (AvgIpc) is 2.74.